The quantitative estimate of drug-likeness (QED) is 0.360. The Morgan fingerprint density at radius 2 is 2.00 bits per heavy atom. The van der Waals surface area contributed by atoms with Gasteiger partial charge in [0.15, 0.2) is 17.4 Å². The number of benzene rings is 1. The zero-order valence-electron chi connectivity index (χ0n) is 19.5. The molecule has 3 N–H and O–H groups in total. The molecule has 2 fully saturated rings. The molecule has 2 aromatic heterocycles. The minimum atomic E-state index is -5.22. The SMILES string of the molecule is CC1CCNC1.N#CCCc1nc(-c2cc(N)cc(F)c2OC(F)(F)F)c(F)c2c1cnn2C1CC1. The van der Waals surface area contributed by atoms with Crippen molar-refractivity contribution in [3.05, 3.63) is 35.7 Å². The molecule has 7 nitrogen and oxygen atoms in total. The van der Waals surface area contributed by atoms with Crippen LogP contribution >= 0.6 is 0 Å². The number of hydrogen-bond acceptors (Lipinski definition) is 6. The fourth-order valence-corrected chi connectivity index (χ4v) is 4.10. The molecule has 3 heterocycles. The lowest BCUT2D eigenvalue weighted by molar-refractivity contribution is -0.275. The fourth-order valence-electron chi connectivity index (χ4n) is 4.10. The fraction of sp³-hybridized carbons (Fsp3) is 0.458. The molecule has 2 aliphatic rings. The Balaban J connectivity index is 0.000000445. The summed E-state index contributed by atoms with van der Waals surface area (Å²) in [6, 6.07) is 3.51. The summed E-state index contributed by atoms with van der Waals surface area (Å²) in [5, 5.41) is 16.7. The van der Waals surface area contributed by atoms with Crippen LogP contribution in [-0.2, 0) is 6.42 Å². The highest BCUT2D eigenvalue weighted by atomic mass is 19.4. The van der Waals surface area contributed by atoms with Gasteiger partial charge in [-0.3, -0.25) is 4.68 Å². The Morgan fingerprint density at radius 3 is 2.56 bits per heavy atom. The Kier molecular flexibility index (Phi) is 7.31. The van der Waals surface area contributed by atoms with E-state index in [0.717, 1.165) is 24.8 Å². The number of nitriles is 1. The van der Waals surface area contributed by atoms with Gasteiger partial charge in [-0.1, -0.05) is 6.92 Å². The largest absolute Gasteiger partial charge is 0.573 e. The maximum absolute atomic E-state index is 15.5. The highest BCUT2D eigenvalue weighted by Crippen LogP contribution is 2.42. The average molecular weight is 508 g/mol. The number of nitrogens with two attached hydrogens (primary N) is 1. The number of halogens is 5. The van der Waals surface area contributed by atoms with Crippen LogP contribution in [0.25, 0.3) is 22.2 Å². The molecule has 5 rings (SSSR count). The van der Waals surface area contributed by atoms with Crippen molar-refractivity contribution in [3.8, 4) is 23.1 Å². The molecule has 0 spiro atoms. The molecule has 0 radical (unpaired) electrons. The summed E-state index contributed by atoms with van der Waals surface area (Å²) >= 11 is 0. The summed E-state index contributed by atoms with van der Waals surface area (Å²) in [5.74, 6) is -2.67. The molecular weight excluding hydrogens is 483 g/mol. The van der Waals surface area contributed by atoms with E-state index in [4.69, 9.17) is 11.0 Å². The zero-order chi connectivity index (χ0) is 26.0. The normalized spacial score (nSPS) is 17.5. The van der Waals surface area contributed by atoms with Gasteiger partial charge in [0.05, 0.1) is 29.6 Å². The van der Waals surface area contributed by atoms with Crippen LogP contribution < -0.4 is 15.8 Å². The van der Waals surface area contributed by atoms with Crippen LogP contribution in [0.2, 0.25) is 0 Å². The van der Waals surface area contributed by atoms with E-state index in [2.05, 4.69) is 27.1 Å². The van der Waals surface area contributed by atoms with Gasteiger partial charge in [-0.25, -0.2) is 13.8 Å². The second kappa shape index (κ2) is 10.3. The lowest BCUT2D eigenvalue weighted by atomic mass is 10.0. The Hall–Kier alpha value is -3.46. The number of aromatic nitrogens is 3. The number of nitrogens with zero attached hydrogens (tertiary/aromatic N) is 4. The number of fused-ring (bicyclic) bond motifs is 1. The van der Waals surface area contributed by atoms with Gasteiger partial charge in [0.1, 0.15) is 11.2 Å². The zero-order valence-corrected chi connectivity index (χ0v) is 19.5. The van der Waals surface area contributed by atoms with Crippen molar-refractivity contribution in [1.29, 1.82) is 5.26 Å². The molecule has 1 aliphatic heterocycles. The molecule has 3 aromatic rings. The summed E-state index contributed by atoms with van der Waals surface area (Å²) in [6.45, 7) is 4.75. The first-order chi connectivity index (χ1) is 17.1. The predicted molar refractivity (Wildman–Crippen MR) is 123 cm³/mol. The molecule has 1 saturated carbocycles. The summed E-state index contributed by atoms with van der Waals surface area (Å²) in [6.07, 6.45) is -0.734. The summed E-state index contributed by atoms with van der Waals surface area (Å²) in [5.41, 5.74) is 4.53. The number of aryl methyl sites for hydroxylation is 1. The number of hydrogen-bond donors (Lipinski definition) is 2. The number of pyridine rings is 1. The average Bonchev–Trinajstić information content (AvgIpc) is 3.36. The number of nitrogens with one attached hydrogen (secondary N) is 1. The molecule has 12 heteroatoms. The van der Waals surface area contributed by atoms with E-state index in [1.165, 1.54) is 30.4 Å². The summed E-state index contributed by atoms with van der Waals surface area (Å²) in [4.78, 5) is 4.13. The van der Waals surface area contributed by atoms with Gasteiger partial charge in [0.2, 0.25) is 0 Å². The predicted octanol–water partition coefficient (Wildman–Crippen LogP) is 5.26. The molecular formula is C24H25F5N6O. The lowest BCUT2D eigenvalue weighted by Crippen LogP contribution is -2.19. The molecule has 0 bridgehead atoms. The second-order valence-electron chi connectivity index (χ2n) is 8.99. The van der Waals surface area contributed by atoms with Crippen molar-refractivity contribution in [2.75, 3.05) is 18.8 Å². The van der Waals surface area contributed by atoms with Crippen LogP contribution in [0.5, 0.6) is 5.75 Å². The van der Waals surface area contributed by atoms with Crippen LogP contribution in [0.1, 0.15) is 44.3 Å². The van der Waals surface area contributed by atoms with Crippen molar-refractivity contribution in [3.63, 3.8) is 0 Å². The van der Waals surface area contributed by atoms with Crippen LogP contribution in [0, 0.1) is 28.9 Å². The van der Waals surface area contributed by atoms with Gasteiger partial charge in [-0.05, 0) is 44.3 Å². The van der Waals surface area contributed by atoms with Crippen LogP contribution in [0.15, 0.2) is 18.3 Å². The second-order valence-corrected chi connectivity index (χ2v) is 8.99. The minimum absolute atomic E-state index is 0.0382. The molecule has 1 unspecified atom stereocenters. The standard InChI is InChI=1S/C19H14F5N5O.C5H11N/c20-13-7-9(26)6-11(18(13)30-19(22,23)24)16-15(21)17-12(14(28-16)2-1-5-25)8-27-29(17)10-3-4-10;1-5-2-3-6-4-5/h6-8,10H,1-4,26H2;5-6H,2-4H2,1H3. The third-order valence-electron chi connectivity index (χ3n) is 5.98. The van der Waals surface area contributed by atoms with E-state index in [1.54, 1.807) is 0 Å². The maximum Gasteiger partial charge on any atom is 0.573 e. The minimum Gasteiger partial charge on any atom is -0.402 e. The topological polar surface area (TPSA) is 102 Å². The molecule has 1 aromatic carbocycles. The molecule has 36 heavy (non-hydrogen) atoms. The van der Waals surface area contributed by atoms with Gasteiger partial charge < -0.3 is 15.8 Å². The van der Waals surface area contributed by atoms with Crippen molar-refractivity contribution >= 4 is 16.6 Å². The number of nitrogen functional groups attached to an aromatic ring is 1. The van der Waals surface area contributed by atoms with Gasteiger partial charge in [0, 0.05) is 30.0 Å². The van der Waals surface area contributed by atoms with Crippen molar-refractivity contribution in [1.82, 2.24) is 20.1 Å². The molecule has 0 amide bonds. The third-order valence-corrected chi connectivity index (χ3v) is 5.98. The Bertz CT molecular complexity index is 1290. The number of ether oxygens (including phenoxy) is 1. The van der Waals surface area contributed by atoms with E-state index < -0.39 is 35.0 Å². The van der Waals surface area contributed by atoms with Crippen LogP contribution in [0.3, 0.4) is 0 Å². The molecule has 1 aliphatic carbocycles. The van der Waals surface area contributed by atoms with Crippen molar-refractivity contribution in [2.24, 2.45) is 5.92 Å². The molecule has 1 saturated heterocycles. The van der Waals surface area contributed by atoms with E-state index in [1.807, 2.05) is 6.07 Å². The Morgan fingerprint density at radius 1 is 1.25 bits per heavy atom. The van der Waals surface area contributed by atoms with Crippen molar-refractivity contribution < 1.29 is 26.7 Å². The first-order valence-corrected chi connectivity index (χ1v) is 11.6. The van der Waals surface area contributed by atoms with Gasteiger partial charge in [-0.2, -0.15) is 10.4 Å². The first kappa shape index (κ1) is 25.6. The summed E-state index contributed by atoms with van der Waals surface area (Å²) in [7, 11) is 0. The number of rotatable bonds is 5. The van der Waals surface area contributed by atoms with Gasteiger partial charge >= 0.3 is 6.36 Å². The smallest absolute Gasteiger partial charge is 0.402 e. The Labute approximate surface area is 204 Å². The van der Waals surface area contributed by atoms with Gasteiger partial charge in [0.25, 0.3) is 0 Å². The van der Waals surface area contributed by atoms with Crippen LogP contribution in [-0.4, -0.2) is 34.2 Å². The third kappa shape index (κ3) is 5.67. The van der Waals surface area contributed by atoms with E-state index in [-0.39, 0.29) is 35.8 Å². The van der Waals surface area contributed by atoms with E-state index >= 15 is 4.39 Å². The molecule has 1 atom stereocenters. The maximum atomic E-state index is 15.5. The van der Waals surface area contributed by atoms with E-state index in [0.29, 0.717) is 11.5 Å². The highest BCUT2D eigenvalue weighted by molar-refractivity contribution is 5.87. The highest BCUT2D eigenvalue weighted by Gasteiger charge is 2.36. The number of anilines is 1. The summed E-state index contributed by atoms with van der Waals surface area (Å²) < 4.78 is 73.7. The van der Waals surface area contributed by atoms with E-state index in [9.17, 15) is 17.6 Å². The number of alkyl halides is 3. The van der Waals surface area contributed by atoms with Crippen molar-refractivity contribution in [2.45, 2.75) is 51.4 Å². The monoisotopic (exact) mass is 508 g/mol. The van der Waals surface area contributed by atoms with Crippen LogP contribution in [0.4, 0.5) is 27.6 Å². The molecule has 192 valence electrons. The first-order valence-electron chi connectivity index (χ1n) is 11.6. The lowest BCUT2D eigenvalue weighted by Gasteiger charge is -2.16. The van der Waals surface area contributed by atoms with Gasteiger partial charge in [-0.15, -0.1) is 13.2 Å².